The maximum absolute atomic E-state index is 13.3. The van der Waals surface area contributed by atoms with Crippen molar-refractivity contribution in [1.82, 2.24) is 25.1 Å². The quantitative estimate of drug-likeness (QED) is 0.495. The summed E-state index contributed by atoms with van der Waals surface area (Å²) in [6, 6.07) is 12.6. The third kappa shape index (κ3) is 6.56. The number of amides is 3. The van der Waals surface area contributed by atoms with E-state index >= 15 is 0 Å². The molecule has 0 aliphatic carbocycles. The van der Waals surface area contributed by atoms with Gasteiger partial charge in [0, 0.05) is 44.2 Å². The van der Waals surface area contributed by atoms with Gasteiger partial charge in [-0.15, -0.1) is 0 Å². The summed E-state index contributed by atoms with van der Waals surface area (Å²) in [5.74, 6) is -0.641. The Labute approximate surface area is 221 Å². The molecular formula is C28H33N5O5. The molecule has 1 aromatic carbocycles. The van der Waals surface area contributed by atoms with Crippen LogP contribution >= 0.6 is 0 Å². The number of aromatic nitrogens is 2. The van der Waals surface area contributed by atoms with E-state index in [1.807, 2.05) is 31.2 Å². The minimum Gasteiger partial charge on any atom is -0.444 e. The third-order valence-corrected chi connectivity index (χ3v) is 6.17. The fraction of sp³-hybridized carbons (Fsp3) is 0.393. The largest absolute Gasteiger partial charge is 0.444 e. The third-order valence-electron chi connectivity index (χ3n) is 6.17. The smallest absolute Gasteiger partial charge is 0.407 e. The first-order chi connectivity index (χ1) is 18.0. The molecule has 0 saturated carbocycles. The Morgan fingerprint density at radius 1 is 1.11 bits per heavy atom. The van der Waals surface area contributed by atoms with Crippen LogP contribution in [0.15, 0.2) is 53.5 Å². The average Bonchev–Trinajstić information content (AvgIpc) is 2.83. The SMILES string of the molecule is Cc1ccc(CNC(=O)c2cc3cccnc3n(CCC(=O)N3CC(NC(=O)OC(C)(C)C)C3)c2=O)cc1. The predicted molar refractivity (Wildman–Crippen MR) is 143 cm³/mol. The van der Waals surface area contributed by atoms with Gasteiger partial charge in [-0.25, -0.2) is 9.78 Å². The molecule has 3 amide bonds. The molecule has 1 fully saturated rings. The van der Waals surface area contributed by atoms with E-state index < -0.39 is 23.2 Å². The van der Waals surface area contributed by atoms with E-state index in [1.54, 1.807) is 44.0 Å². The van der Waals surface area contributed by atoms with Gasteiger partial charge >= 0.3 is 6.09 Å². The van der Waals surface area contributed by atoms with Crippen molar-refractivity contribution < 1.29 is 19.1 Å². The van der Waals surface area contributed by atoms with Crippen molar-refractivity contribution in [3.05, 3.63) is 75.7 Å². The number of carbonyl (C=O) groups excluding carboxylic acids is 3. The van der Waals surface area contributed by atoms with Gasteiger partial charge < -0.3 is 20.3 Å². The highest BCUT2D eigenvalue weighted by molar-refractivity contribution is 5.96. The second kappa shape index (κ2) is 11.0. The van der Waals surface area contributed by atoms with E-state index in [1.165, 1.54) is 10.6 Å². The van der Waals surface area contributed by atoms with Crippen molar-refractivity contribution >= 4 is 28.9 Å². The van der Waals surface area contributed by atoms with Crippen LogP contribution in [0.5, 0.6) is 0 Å². The van der Waals surface area contributed by atoms with Crippen LogP contribution in [0.3, 0.4) is 0 Å². The first-order valence-corrected chi connectivity index (χ1v) is 12.6. The molecule has 1 saturated heterocycles. The fourth-order valence-electron chi connectivity index (χ4n) is 4.17. The van der Waals surface area contributed by atoms with Gasteiger partial charge in [0.1, 0.15) is 16.8 Å². The number of likely N-dealkylation sites (tertiary alicyclic amines) is 1. The number of nitrogens with one attached hydrogen (secondary N) is 2. The van der Waals surface area contributed by atoms with E-state index in [2.05, 4.69) is 15.6 Å². The van der Waals surface area contributed by atoms with Gasteiger partial charge in [0.25, 0.3) is 11.5 Å². The van der Waals surface area contributed by atoms with Gasteiger partial charge in [0.2, 0.25) is 5.91 Å². The van der Waals surface area contributed by atoms with Gasteiger partial charge in [0.05, 0.1) is 6.04 Å². The highest BCUT2D eigenvalue weighted by Crippen LogP contribution is 2.15. The second-order valence-electron chi connectivity index (χ2n) is 10.5. The molecule has 10 heteroatoms. The fourth-order valence-corrected chi connectivity index (χ4v) is 4.17. The summed E-state index contributed by atoms with van der Waals surface area (Å²) in [4.78, 5) is 56.9. The van der Waals surface area contributed by atoms with Crippen LogP contribution in [-0.4, -0.2) is 57.1 Å². The van der Waals surface area contributed by atoms with Crippen LogP contribution in [-0.2, 0) is 22.6 Å². The van der Waals surface area contributed by atoms with E-state index in [4.69, 9.17) is 4.74 Å². The van der Waals surface area contributed by atoms with Crippen LogP contribution in [0, 0.1) is 6.92 Å². The highest BCUT2D eigenvalue weighted by Gasteiger charge is 2.32. The van der Waals surface area contributed by atoms with Gasteiger partial charge in [-0.2, -0.15) is 0 Å². The number of hydrogen-bond acceptors (Lipinski definition) is 6. The van der Waals surface area contributed by atoms with Crippen LogP contribution in [0.2, 0.25) is 0 Å². The molecule has 2 N–H and O–H groups in total. The average molecular weight is 520 g/mol. The standard InChI is InChI=1S/C28H33N5O5/c1-18-7-9-19(10-8-18)15-30-25(35)22-14-20-6-5-12-29-24(20)33(26(22)36)13-11-23(34)32-16-21(17-32)31-27(37)38-28(2,3)4/h5-10,12,14,21H,11,13,15-17H2,1-4H3,(H,30,35)(H,31,37). The first kappa shape index (κ1) is 26.8. The van der Waals surface area contributed by atoms with Gasteiger partial charge in [-0.3, -0.25) is 19.0 Å². The molecule has 0 bridgehead atoms. The van der Waals surface area contributed by atoms with Crippen LogP contribution < -0.4 is 16.2 Å². The molecule has 4 rings (SSSR count). The molecular weight excluding hydrogens is 486 g/mol. The monoisotopic (exact) mass is 519 g/mol. The number of fused-ring (bicyclic) bond motifs is 1. The molecule has 0 atom stereocenters. The molecule has 3 aromatic rings. The Kier molecular flexibility index (Phi) is 7.80. The summed E-state index contributed by atoms with van der Waals surface area (Å²) >= 11 is 0. The minimum atomic E-state index is -0.598. The van der Waals surface area contributed by atoms with Crippen molar-refractivity contribution in [3.8, 4) is 0 Å². The molecule has 2 aromatic heterocycles. The van der Waals surface area contributed by atoms with Crippen LogP contribution in [0.4, 0.5) is 4.79 Å². The maximum Gasteiger partial charge on any atom is 0.407 e. The lowest BCUT2D eigenvalue weighted by Crippen LogP contribution is -2.61. The molecule has 0 unspecified atom stereocenters. The molecule has 0 radical (unpaired) electrons. The molecule has 3 heterocycles. The lowest BCUT2D eigenvalue weighted by Gasteiger charge is -2.39. The van der Waals surface area contributed by atoms with Gasteiger partial charge in [0.15, 0.2) is 0 Å². The van der Waals surface area contributed by atoms with Crippen LogP contribution in [0.25, 0.3) is 11.0 Å². The molecule has 1 aliphatic rings. The molecule has 10 nitrogen and oxygen atoms in total. The summed E-state index contributed by atoms with van der Waals surface area (Å²) in [6.07, 6.45) is 1.11. The number of hydrogen-bond donors (Lipinski definition) is 2. The minimum absolute atomic E-state index is 0.00404. The van der Waals surface area contributed by atoms with Crippen molar-refractivity contribution in [1.29, 1.82) is 0 Å². The van der Waals surface area contributed by atoms with Crippen molar-refractivity contribution in [2.45, 2.75) is 58.8 Å². The summed E-state index contributed by atoms with van der Waals surface area (Å²) in [7, 11) is 0. The Bertz CT molecular complexity index is 1400. The van der Waals surface area contributed by atoms with Gasteiger partial charge in [-0.1, -0.05) is 29.8 Å². The first-order valence-electron chi connectivity index (χ1n) is 12.6. The summed E-state index contributed by atoms with van der Waals surface area (Å²) in [6.45, 7) is 8.44. The number of rotatable bonds is 7. The highest BCUT2D eigenvalue weighted by atomic mass is 16.6. The zero-order valence-electron chi connectivity index (χ0n) is 22.1. The normalized spacial score (nSPS) is 13.6. The molecule has 0 spiro atoms. The number of aryl methyl sites for hydroxylation is 2. The van der Waals surface area contributed by atoms with E-state index in [-0.39, 0.29) is 37.0 Å². The predicted octanol–water partition coefficient (Wildman–Crippen LogP) is 2.76. The molecule has 38 heavy (non-hydrogen) atoms. The number of alkyl carbamates (subject to hydrolysis) is 1. The van der Waals surface area contributed by atoms with Crippen molar-refractivity contribution in [2.24, 2.45) is 0 Å². The number of nitrogens with zero attached hydrogens (tertiary/aromatic N) is 3. The van der Waals surface area contributed by atoms with E-state index in [9.17, 15) is 19.2 Å². The van der Waals surface area contributed by atoms with Crippen LogP contribution in [0.1, 0.15) is 48.7 Å². The number of carbonyl (C=O) groups is 3. The van der Waals surface area contributed by atoms with Crippen molar-refractivity contribution in [2.75, 3.05) is 13.1 Å². The Balaban J connectivity index is 1.41. The van der Waals surface area contributed by atoms with E-state index in [0.717, 1.165) is 11.1 Å². The molecule has 1 aliphatic heterocycles. The summed E-state index contributed by atoms with van der Waals surface area (Å²) in [5, 5.41) is 6.19. The van der Waals surface area contributed by atoms with E-state index in [0.29, 0.717) is 24.1 Å². The Morgan fingerprint density at radius 2 is 1.82 bits per heavy atom. The maximum atomic E-state index is 13.3. The van der Waals surface area contributed by atoms with Crippen molar-refractivity contribution in [3.63, 3.8) is 0 Å². The second-order valence-corrected chi connectivity index (χ2v) is 10.5. The number of benzene rings is 1. The lowest BCUT2D eigenvalue weighted by molar-refractivity contribution is -0.136. The number of ether oxygens (including phenoxy) is 1. The zero-order chi connectivity index (χ0) is 27.4. The topological polar surface area (TPSA) is 123 Å². The summed E-state index contributed by atoms with van der Waals surface area (Å²) in [5.41, 5.74) is 1.35. The number of pyridine rings is 2. The summed E-state index contributed by atoms with van der Waals surface area (Å²) < 4.78 is 6.62. The van der Waals surface area contributed by atoms with Gasteiger partial charge in [-0.05, 0) is 51.5 Å². The zero-order valence-corrected chi connectivity index (χ0v) is 22.1. The Hall–Kier alpha value is -4.21. The lowest BCUT2D eigenvalue weighted by atomic mass is 10.1. The molecule has 200 valence electrons. The Morgan fingerprint density at radius 3 is 2.50 bits per heavy atom.